The molecule has 0 bridgehead atoms. The number of ether oxygens (including phenoxy) is 1. The van der Waals surface area contributed by atoms with E-state index in [-0.39, 0.29) is 28.4 Å². The van der Waals surface area contributed by atoms with E-state index in [1.807, 2.05) is 13.8 Å². The number of rotatable bonds is 2. The summed E-state index contributed by atoms with van der Waals surface area (Å²) in [5.41, 5.74) is -0.480. The van der Waals surface area contributed by atoms with E-state index in [1.165, 1.54) is 6.20 Å². The monoisotopic (exact) mass is 306 g/mol. The molecule has 0 fully saturated rings. The number of nitrogens with one attached hydrogen (secondary N) is 1. The van der Waals surface area contributed by atoms with Gasteiger partial charge in [-0.2, -0.15) is 0 Å². The Morgan fingerprint density at radius 1 is 1.59 bits per heavy atom. The maximum Gasteiger partial charge on any atom is 0.341 e. The first-order valence-electron chi connectivity index (χ1n) is 6.96. The number of nitrogens with zero attached hydrogens (tertiary/aromatic N) is 1. The molecule has 2 heterocycles. The number of pyridine rings is 1. The van der Waals surface area contributed by atoms with Crippen LogP contribution in [-0.4, -0.2) is 28.3 Å². The van der Waals surface area contributed by atoms with Gasteiger partial charge in [0.1, 0.15) is 17.9 Å². The minimum Gasteiger partial charge on any atom is -0.487 e. The van der Waals surface area contributed by atoms with Crippen molar-refractivity contribution < 1.29 is 19.0 Å². The van der Waals surface area contributed by atoms with E-state index in [4.69, 9.17) is 9.84 Å². The minimum absolute atomic E-state index is 0.00866. The van der Waals surface area contributed by atoms with Crippen molar-refractivity contribution in [3.05, 3.63) is 33.9 Å². The highest BCUT2D eigenvalue weighted by Crippen LogP contribution is 2.38. The average Bonchev–Trinajstić information content (AvgIpc) is 2.48. The summed E-state index contributed by atoms with van der Waals surface area (Å²) in [6, 6.07) is 1.02. The van der Waals surface area contributed by atoms with Gasteiger partial charge in [-0.05, 0) is 19.9 Å². The Morgan fingerprint density at radius 3 is 2.95 bits per heavy atom. The molecule has 1 aromatic heterocycles. The first-order chi connectivity index (χ1) is 10.4. The zero-order valence-electron chi connectivity index (χ0n) is 12.1. The van der Waals surface area contributed by atoms with Crippen molar-refractivity contribution in [2.75, 3.05) is 11.9 Å². The molecule has 7 heteroatoms. The Kier molecular flexibility index (Phi) is 3.27. The first kappa shape index (κ1) is 14.4. The van der Waals surface area contributed by atoms with Crippen LogP contribution in [0.3, 0.4) is 0 Å². The Labute approximate surface area is 125 Å². The van der Waals surface area contributed by atoms with Gasteiger partial charge in [0.25, 0.3) is 0 Å². The standard InChI is InChI=1S/C15H15FN2O4/c1-3-18-5-9(15(20)21)13(19)8-4-10(16)11-14(12(8)18)22-6-7(2)17-11/h4-5,7,17H,3,6H2,1-2H3,(H,20,21). The molecule has 116 valence electrons. The van der Waals surface area contributed by atoms with E-state index in [0.717, 1.165) is 6.07 Å². The largest absolute Gasteiger partial charge is 0.487 e. The van der Waals surface area contributed by atoms with Crippen LogP contribution in [0.5, 0.6) is 5.75 Å². The summed E-state index contributed by atoms with van der Waals surface area (Å²) in [6.07, 6.45) is 1.27. The summed E-state index contributed by atoms with van der Waals surface area (Å²) in [6.45, 7) is 4.43. The van der Waals surface area contributed by atoms with Gasteiger partial charge in [-0.3, -0.25) is 4.79 Å². The lowest BCUT2D eigenvalue weighted by Gasteiger charge is -2.27. The predicted octanol–water partition coefficient (Wildman–Crippen LogP) is 2.05. The Hall–Kier alpha value is -2.57. The van der Waals surface area contributed by atoms with Gasteiger partial charge in [-0.25, -0.2) is 9.18 Å². The van der Waals surface area contributed by atoms with Crippen LogP contribution in [0, 0.1) is 5.82 Å². The van der Waals surface area contributed by atoms with Crippen molar-refractivity contribution in [3.63, 3.8) is 0 Å². The van der Waals surface area contributed by atoms with E-state index in [9.17, 15) is 14.0 Å². The molecule has 3 rings (SSSR count). The number of aryl methyl sites for hydroxylation is 1. The number of hydrogen-bond donors (Lipinski definition) is 2. The lowest BCUT2D eigenvalue weighted by atomic mass is 10.1. The fraction of sp³-hybridized carbons (Fsp3) is 0.333. The van der Waals surface area contributed by atoms with Crippen molar-refractivity contribution in [1.82, 2.24) is 4.57 Å². The topological polar surface area (TPSA) is 80.6 Å². The molecular weight excluding hydrogens is 291 g/mol. The summed E-state index contributed by atoms with van der Waals surface area (Å²) in [5, 5.41) is 12.1. The fourth-order valence-electron chi connectivity index (χ4n) is 2.67. The van der Waals surface area contributed by atoms with Gasteiger partial charge in [0.15, 0.2) is 11.6 Å². The third kappa shape index (κ3) is 2.01. The van der Waals surface area contributed by atoms with Gasteiger partial charge in [-0.1, -0.05) is 0 Å². The molecule has 2 N–H and O–H groups in total. The van der Waals surface area contributed by atoms with Crippen LogP contribution in [-0.2, 0) is 6.54 Å². The second-order valence-electron chi connectivity index (χ2n) is 5.28. The zero-order chi connectivity index (χ0) is 16.0. The highest BCUT2D eigenvalue weighted by molar-refractivity contribution is 5.97. The molecule has 1 aliphatic rings. The third-order valence-corrected chi connectivity index (χ3v) is 3.71. The molecule has 1 atom stereocenters. The summed E-state index contributed by atoms with van der Waals surface area (Å²) >= 11 is 0. The van der Waals surface area contributed by atoms with Gasteiger partial charge in [0.2, 0.25) is 5.43 Å². The number of hydrogen-bond acceptors (Lipinski definition) is 4. The van der Waals surface area contributed by atoms with Gasteiger partial charge in [-0.15, -0.1) is 0 Å². The zero-order valence-corrected chi connectivity index (χ0v) is 12.1. The van der Waals surface area contributed by atoms with Crippen molar-refractivity contribution in [2.45, 2.75) is 26.4 Å². The molecule has 1 unspecified atom stereocenters. The van der Waals surface area contributed by atoms with E-state index in [0.29, 0.717) is 18.7 Å². The fourth-order valence-corrected chi connectivity index (χ4v) is 2.67. The lowest BCUT2D eigenvalue weighted by Crippen LogP contribution is -2.30. The second-order valence-corrected chi connectivity index (χ2v) is 5.28. The van der Waals surface area contributed by atoms with E-state index in [1.54, 1.807) is 4.57 Å². The number of aromatic nitrogens is 1. The maximum atomic E-state index is 14.3. The normalized spacial score (nSPS) is 16.8. The number of carboxylic acid groups (broad SMARTS) is 1. The molecule has 1 aromatic carbocycles. The second kappa shape index (κ2) is 5.01. The molecule has 0 saturated heterocycles. The molecule has 22 heavy (non-hydrogen) atoms. The van der Waals surface area contributed by atoms with Crippen molar-refractivity contribution in [2.24, 2.45) is 0 Å². The summed E-state index contributed by atoms with van der Waals surface area (Å²) in [4.78, 5) is 23.5. The third-order valence-electron chi connectivity index (χ3n) is 3.71. The van der Waals surface area contributed by atoms with Crippen LogP contribution in [0.1, 0.15) is 24.2 Å². The van der Waals surface area contributed by atoms with E-state index in [2.05, 4.69) is 5.32 Å². The minimum atomic E-state index is -1.33. The van der Waals surface area contributed by atoms with Gasteiger partial charge < -0.3 is 19.7 Å². The van der Waals surface area contributed by atoms with Gasteiger partial charge >= 0.3 is 5.97 Å². The van der Waals surface area contributed by atoms with Crippen LogP contribution >= 0.6 is 0 Å². The van der Waals surface area contributed by atoms with Crippen molar-refractivity contribution in [1.29, 1.82) is 0 Å². The Bertz CT molecular complexity index is 844. The van der Waals surface area contributed by atoms with E-state index < -0.39 is 17.2 Å². The molecule has 0 amide bonds. The highest BCUT2D eigenvalue weighted by Gasteiger charge is 2.26. The summed E-state index contributed by atoms with van der Waals surface area (Å²) < 4.78 is 21.5. The van der Waals surface area contributed by atoms with Crippen LogP contribution in [0.15, 0.2) is 17.1 Å². The number of halogens is 1. The number of carbonyl (C=O) groups is 1. The Morgan fingerprint density at radius 2 is 2.32 bits per heavy atom. The molecule has 2 aromatic rings. The molecule has 0 spiro atoms. The molecule has 0 saturated carbocycles. The van der Waals surface area contributed by atoms with E-state index >= 15 is 0 Å². The highest BCUT2D eigenvalue weighted by atomic mass is 19.1. The lowest BCUT2D eigenvalue weighted by molar-refractivity contribution is 0.0695. The molecule has 6 nitrogen and oxygen atoms in total. The van der Waals surface area contributed by atoms with Crippen molar-refractivity contribution in [3.8, 4) is 5.75 Å². The Balaban J connectivity index is 2.45. The molecular formula is C15H15FN2O4. The average molecular weight is 306 g/mol. The quantitative estimate of drug-likeness (QED) is 0.887. The molecule has 0 aliphatic carbocycles. The number of aromatic carboxylic acids is 1. The van der Waals surface area contributed by atoms with Crippen LogP contribution in [0.25, 0.3) is 10.9 Å². The SMILES string of the molecule is CCn1cc(C(=O)O)c(=O)c2cc(F)c3c(c21)OCC(C)N3. The molecule has 0 radical (unpaired) electrons. The summed E-state index contributed by atoms with van der Waals surface area (Å²) in [5.74, 6) is -1.71. The smallest absolute Gasteiger partial charge is 0.341 e. The van der Waals surface area contributed by atoms with Crippen LogP contribution in [0.4, 0.5) is 10.1 Å². The van der Waals surface area contributed by atoms with Gasteiger partial charge in [0.05, 0.1) is 16.9 Å². The summed E-state index contributed by atoms with van der Waals surface area (Å²) in [7, 11) is 0. The predicted molar refractivity (Wildman–Crippen MR) is 79.4 cm³/mol. The van der Waals surface area contributed by atoms with Crippen LogP contribution in [0.2, 0.25) is 0 Å². The molecule has 1 aliphatic heterocycles. The number of fused-ring (bicyclic) bond motifs is 3. The van der Waals surface area contributed by atoms with Gasteiger partial charge in [0, 0.05) is 12.7 Å². The number of benzene rings is 1. The van der Waals surface area contributed by atoms with Crippen molar-refractivity contribution >= 4 is 22.6 Å². The number of anilines is 1. The van der Waals surface area contributed by atoms with Crippen LogP contribution < -0.4 is 15.5 Å². The first-order valence-corrected chi connectivity index (χ1v) is 6.96. The maximum absolute atomic E-state index is 14.3. The number of carboxylic acids is 1.